The molecule has 50 heavy (non-hydrogen) atoms. The zero-order valence-corrected chi connectivity index (χ0v) is 27.6. The van der Waals surface area contributed by atoms with Crippen LogP contribution >= 0.6 is 0 Å². The standard InChI is InChI=1S/C50H34/c1-5-20-37(21-6-1)45-46(38-22-7-2-8-23-38)48(40-26-11-4-12-27-40)50(44-31-17-29-36-19-15-16-30-43(36)44)49(47(45)39-24-9-3-10-25-39)42-33-32-35-18-13-14-28-41(35)34-42/h1-34H. The number of hydrogen-bond acceptors (Lipinski definition) is 0. The van der Waals surface area contributed by atoms with Gasteiger partial charge in [0.15, 0.2) is 0 Å². The van der Waals surface area contributed by atoms with Gasteiger partial charge in [-0.2, -0.15) is 0 Å². The average molecular weight is 635 g/mol. The van der Waals surface area contributed by atoms with Crippen molar-refractivity contribution in [2.45, 2.75) is 0 Å². The Morgan fingerprint density at radius 2 is 0.580 bits per heavy atom. The average Bonchev–Trinajstić information content (AvgIpc) is 3.20. The molecule has 0 saturated carbocycles. The van der Waals surface area contributed by atoms with Crippen molar-refractivity contribution in [2.75, 3.05) is 0 Å². The molecule has 0 amide bonds. The molecule has 0 aliphatic heterocycles. The molecule has 0 radical (unpaired) electrons. The van der Waals surface area contributed by atoms with Gasteiger partial charge in [0.05, 0.1) is 0 Å². The van der Waals surface area contributed by atoms with Gasteiger partial charge in [-0.25, -0.2) is 0 Å². The minimum Gasteiger partial charge on any atom is -0.0622 e. The lowest BCUT2D eigenvalue weighted by Gasteiger charge is -2.29. The molecular formula is C50H34. The van der Waals surface area contributed by atoms with Crippen LogP contribution in [0.25, 0.3) is 88.3 Å². The fourth-order valence-electron chi connectivity index (χ4n) is 7.67. The summed E-state index contributed by atoms with van der Waals surface area (Å²) < 4.78 is 0. The molecule has 0 spiro atoms. The van der Waals surface area contributed by atoms with E-state index in [0.717, 1.165) is 0 Å². The van der Waals surface area contributed by atoms with E-state index >= 15 is 0 Å². The summed E-state index contributed by atoms with van der Waals surface area (Å²) in [6.45, 7) is 0. The Morgan fingerprint density at radius 1 is 0.200 bits per heavy atom. The highest BCUT2D eigenvalue weighted by Crippen LogP contribution is 2.56. The third-order valence-corrected chi connectivity index (χ3v) is 9.85. The second-order valence-electron chi connectivity index (χ2n) is 12.8. The lowest BCUT2D eigenvalue weighted by Crippen LogP contribution is -2.02. The minimum absolute atomic E-state index is 1.19. The van der Waals surface area contributed by atoms with Crippen molar-refractivity contribution in [1.29, 1.82) is 0 Å². The van der Waals surface area contributed by atoms with Gasteiger partial charge in [0.25, 0.3) is 0 Å². The number of rotatable bonds is 6. The molecular weight excluding hydrogens is 601 g/mol. The predicted molar refractivity (Wildman–Crippen MR) is 214 cm³/mol. The Hall–Kier alpha value is -6.50. The summed E-state index contributed by atoms with van der Waals surface area (Å²) in [5.41, 5.74) is 14.6. The Labute approximate surface area is 293 Å². The summed E-state index contributed by atoms with van der Waals surface area (Å²) in [6, 6.07) is 75.2. The first-order valence-corrected chi connectivity index (χ1v) is 17.3. The maximum absolute atomic E-state index is 2.39. The van der Waals surface area contributed by atoms with Crippen LogP contribution in [0.1, 0.15) is 0 Å². The van der Waals surface area contributed by atoms with Gasteiger partial charge < -0.3 is 0 Å². The SMILES string of the molecule is c1ccc(-c2c(-c3ccccc3)c(-c3ccccc3)c(-c3cccc4ccccc34)c(-c3ccc4ccccc4c3)c2-c2ccccc2)cc1. The minimum atomic E-state index is 1.19. The molecule has 0 fully saturated rings. The van der Waals surface area contributed by atoms with Gasteiger partial charge in [-0.15, -0.1) is 0 Å². The molecule has 0 saturated heterocycles. The second kappa shape index (κ2) is 12.8. The van der Waals surface area contributed by atoms with E-state index in [2.05, 4.69) is 206 Å². The third kappa shape index (κ3) is 5.19. The molecule has 0 aliphatic rings. The van der Waals surface area contributed by atoms with E-state index in [4.69, 9.17) is 0 Å². The number of benzene rings is 9. The lowest BCUT2D eigenvalue weighted by atomic mass is 9.73. The fraction of sp³-hybridized carbons (Fsp3) is 0. The van der Waals surface area contributed by atoms with Crippen LogP contribution in [0.15, 0.2) is 206 Å². The highest BCUT2D eigenvalue weighted by Gasteiger charge is 2.29. The zero-order valence-electron chi connectivity index (χ0n) is 27.6. The number of hydrogen-bond donors (Lipinski definition) is 0. The maximum atomic E-state index is 2.39. The van der Waals surface area contributed by atoms with Gasteiger partial charge >= 0.3 is 0 Å². The van der Waals surface area contributed by atoms with Gasteiger partial charge in [-0.1, -0.05) is 200 Å². The Balaban J connectivity index is 1.61. The summed E-state index contributed by atoms with van der Waals surface area (Å²) >= 11 is 0. The molecule has 0 N–H and O–H groups in total. The normalized spacial score (nSPS) is 11.2. The summed E-state index contributed by atoms with van der Waals surface area (Å²) in [5.74, 6) is 0. The van der Waals surface area contributed by atoms with Crippen LogP contribution in [-0.4, -0.2) is 0 Å². The van der Waals surface area contributed by atoms with Gasteiger partial charge in [0.1, 0.15) is 0 Å². The van der Waals surface area contributed by atoms with Crippen molar-refractivity contribution in [1.82, 2.24) is 0 Å². The Kier molecular flexibility index (Phi) is 7.61. The summed E-state index contributed by atoms with van der Waals surface area (Å²) in [5, 5.41) is 4.92. The van der Waals surface area contributed by atoms with Gasteiger partial charge in [-0.3, -0.25) is 0 Å². The summed E-state index contributed by atoms with van der Waals surface area (Å²) in [7, 11) is 0. The van der Waals surface area contributed by atoms with Gasteiger partial charge in [0, 0.05) is 0 Å². The molecule has 9 aromatic carbocycles. The van der Waals surface area contributed by atoms with Crippen molar-refractivity contribution >= 4 is 21.5 Å². The zero-order chi connectivity index (χ0) is 33.3. The fourth-order valence-corrected chi connectivity index (χ4v) is 7.67. The summed E-state index contributed by atoms with van der Waals surface area (Å²) in [6.07, 6.45) is 0. The van der Waals surface area contributed by atoms with Gasteiger partial charge in [-0.05, 0) is 94.4 Å². The predicted octanol–water partition coefficient (Wildman–Crippen LogP) is 14.0. The molecule has 9 aromatic rings. The van der Waals surface area contributed by atoms with E-state index < -0.39 is 0 Å². The molecule has 0 heteroatoms. The van der Waals surface area contributed by atoms with Crippen LogP contribution < -0.4 is 0 Å². The van der Waals surface area contributed by atoms with Crippen LogP contribution in [0, 0.1) is 0 Å². The highest BCUT2D eigenvalue weighted by molar-refractivity contribution is 6.18. The van der Waals surface area contributed by atoms with E-state index in [1.165, 1.54) is 88.3 Å². The summed E-state index contributed by atoms with van der Waals surface area (Å²) in [4.78, 5) is 0. The van der Waals surface area contributed by atoms with Crippen LogP contribution in [0.3, 0.4) is 0 Å². The first kappa shape index (κ1) is 29.6. The van der Waals surface area contributed by atoms with Crippen molar-refractivity contribution in [2.24, 2.45) is 0 Å². The van der Waals surface area contributed by atoms with Gasteiger partial charge in [0.2, 0.25) is 0 Å². The van der Waals surface area contributed by atoms with Crippen molar-refractivity contribution < 1.29 is 0 Å². The van der Waals surface area contributed by atoms with E-state index in [1.54, 1.807) is 0 Å². The first-order chi connectivity index (χ1) is 24.8. The molecule has 0 atom stereocenters. The molecule has 0 aromatic heterocycles. The van der Waals surface area contributed by atoms with Crippen molar-refractivity contribution in [3.8, 4) is 66.8 Å². The second-order valence-corrected chi connectivity index (χ2v) is 12.8. The van der Waals surface area contributed by atoms with E-state index in [9.17, 15) is 0 Å². The Bertz CT molecular complexity index is 2600. The molecule has 234 valence electrons. The van der Waals surface area contributed by atoms with E-state index in [-0.39, 0.29) is 0 Å². The van der Waals surface area contributed by atoms with E-state index in [0.29, 0.717) is 0 Å². The first-order valence-electron chi connectivity index (χ1n) is 17.3. The molecule has 0 heterocycles. The monoisotopic (exact) mass is 634 g/mol. The smallest absolute Gasteiger partial charge is 0.000763 e. The number of fused-ring (bicyclic) bond motifs is 2. The largest absolute Gasteiger partial charge is 0.0622 e. The van der Waals surface area contributed by atoms with Crippen LogP contribution in [0.2, 0.25) is 0 Å². The Morgan fingerprint density at radius 3 is 1.10 bits per heavy atom. The van der Waals surface area contributed by atoms with E-state index in [1.807, 2.05) is 0 Å². The van der Waals surface area contributed by atoms with Crippen molar-refractivity contribution in [3.05, 3.63) is 206 Å². The van der Waals surface area contributed by atoms with Crippen LogP contribution in [-0.2, 0) is 0 Å². The lowest BCUT2D eigenvalue weighted by molar-refractivity contribution is 1.52. The molecule has 0 nitrogen and oxygen atoms in total. The van der Waals surface area contributed by atoms with Crippen LogP contribution in [0.4, 0.5) is 0 Å². The third-order valence-electron chi connectivity index (χ3n) is 9.85. The quantitative estimate of drug-likeness (QED) is 0.171. The topological polar surface area (TPSA) is 0 Å². The molecule has 0 bridgehead atoms. The van der Waals surface area contributed by atoms with Crippen LogP contribution in [0.5, 0.6) is 0 Å². The molecule has 0 aliphatic carbocycles. The molecule has 9 rings (SSSR count). The maximum Gasteiger partial charge on any atom is -0.000763 e. The highest BCUT2D eigenvalue weighted by atomic mass is 14.3. The van der Waals surface area contributed by atoms with Crippen molar-refractivity contribution in [3.63, 3.8) is 0 Å². The molecule has 0 unspecified atom stereocenters.